The Balaban J connectivity index is 2.40. The lowest BCUT2D eigenvalue weighted by molar-refractivity contribution is 0.474. The molecule has 0 radical (unpaired) electrons. The maximum absolute atomic E-state index is 11.9. The van der Waals surface area contributed by atoms with Crippen LogP contribution < -0.4 is 5.56 Å². The molecular formula is C13H12BrNO2. The summed E-state index contributed by atoms with van der Waals surface area (Å²) in [4.78, 5) is 11.9. The van der Waals surface area contributed by atoms with Gasteiger partial charge in [0.05, 0.1) is 6.54 Å². The standard InChI is InChI=1S/C13H12BrNO2/c1-9-5-11(14)8-15(13(9)17)7-10-3-2-4-12(16)6-10/h2-6,8,16H,7H2,1H3. The van der Waals surface area contributed by atoms with Gasteiger partial charge in [0.2, 0.25) is 0 Å². The van der Waals surface area contributed by atoms with Crippen molar-refractivity contribution in [2.24, 2.45) is 0 Å². The SMILES string of the molecule is Cc1cc(Br)cn(Cc2cccc(O)c2)c1=O. The number of phenols is 1. The number of phenolic OH excluding ortho intramolecular Hbond substituents is 1. The minimum atomic E-state index is -0.0171. The molecule has 4 heteroatoms. The summed E-state index contributed by atoms with van der Waals surface area (Å²) in [6.45, 7) is 2.24. The highest BCUT2D eigenvalue weighted by atomic mass is 79.9. The van der Waals surface area contributed by atoms with E-state index in [1.165, 1.54) is 0 Å². The Bertz CT molecular complexity index is 605. The maximum atomic E-state index is 11.9. The summed E-state index contributed by atoms with van der Waals surface area (Å²) in [5.41, 5.74) is 1.57. The molecular weight excluding hydrogens is 282 g/mol. The minimum absolute atomic E-state index is 0.0171. The molecule has 2 rings (SSSR count). The summed E-state index contributed by atoms with van der Waals surface area (Å²) in [5.74, 6) is 0.210. The van der Waals surface area contributed by atoms with Gasteiger partial charge in [-0.05, 0) is 46.6 Å². The molecule has 88 valence electrons. The summed E-state index contributed by atoms with van der Waals surface area (Å²) < 4.78 is 2.49. The van der Waals surface area contributed by atoms with Crippen molar-refractivity contribution in [1.29, 1.82) is 0 Å². The first kappa shape index (κ1) is 11.9. The fourth-order valence-corrected chi connectivity index (χ4v) is 2.30. The van der Waals surface area contributed by atoms with Crippen LogP contribution in [0.3, 0.4) is 0 Å². The molecule has 0 unspecified atom stereocenters. The van der Waals surface area contributed by atoms with E-state index in [0.717, 1.165) is 10.0 Å². The molecule has 1 aromatic heterocycles. The van der Waals surface area contributed by atoms with E-state index in [2.05, 4.69) is 15.9 Å². The van der Waals surface area contributed by atoms with Crippen molar-refractivity contribution >= 4 is 15.9 Å². The van der Waals surface area contributed by atoms with Crippen LogP contribution in [0.1, 0.15) is 11.1 Å². The van der Waals surface area contributed by atoms with Crippen LogP contribution in [0, 0.1) is 6.92 Å². The van der Waals surface area contributed by atoms with Crippen LogP contribution in [0.15, 0.2) is 45.8 Å². The molecule has 1 heterocycles. The Morgan fingerprint density at radius 2 is 2.12 bits per heavy atom. The molecule has 0 amide bonds. The lowest BCUT2D eigenvalue weighted by atomic mass is 10.2. The Morgan fingerprint density at radius 1 is 1.35 bits per heavy atom. The average molecular weight is 294 g/mol. The van der Waals surface area contributed by atoms with Crippen LogP contribution in [0.25, 0.3) is 0 Å². The van der Waals surface area contributed by atoms with Gasteiger partial charge in [0, 0.05) is 16.2 Å². The van der Waals surface area contributed by atoms with Gasteiger partial charge in [-0.15, -0.1) is 0 Å². The molecule has 1 N–H and O–H groups in total. The Hall–Kier alpha value is -1.55. The quantitative estimate of drug-likeness (QED) is 0.925. The fourth-order valence-electron chi connectivity index (χ4n) is 1.71. The van der Waals surface area contributed by atoms with Crippen LogP contribution in [0.4, 0.5) is 0 Å². The topological polar surface area (TPSA) is 42.2 Å². The van der Waals surface area contributed by atoms with Crippen molar-refractivity contribution in [2.45, 2.75) is 13.5 Å². The summed E-state index contributed by atoms with van der Waals surface area (Å²) in [5, 5.41) is 9.37. The number of rotatable bonds is 2. The van der Waals surface area contributed by atoms with Crippen LogP contribution in [0.2, 0.25) is 0 Å². The van der Waals surface area contributed by atoms with E-state index < -0.39 is 0 Å². The van der Waals surface area contributed by atoms with E-state index in [1.807, 2.05) is 6.07 Å². The molecule has 0 saturated carbocycles. The number of aryl methyl sites for hydroxylation is 1. The monoisotopic (exact) mass is 293 g/mol. The van der Waals surface area contributed by atoms with Crippen LogP contribution in [-0.2, 0) is 6.54 Å². The second kappa shape index (κ2) is 4.75. The van der Waals surface area contributed by atoms with Crippen LogP contribution >= 0.6 is 15.9 Å². The van der Waals surface area contributed by atoms with Crippen molar-refractivity contribution < 1.29 is 5.11 Å². The summed E-state index contributed by atoms with van der Waals surface area (Å²) >= 11 is 3.37. The molecule has 0 aliphatic rings. The van der Waals surface area contributed by atoms with Crippen LogP contribution in [-0.4, -0.2) is 9.67 Å². The van der Waals surface area contributed by atoms with Gasteiger partial charge in [0.25, 0.3) is 5.56 Å². The minimum Gasteiger partial charge on any atom is -0.508 e. The number of hydrogen-bond acceptors (Lipinski definition) is 2. The first-order valence-electron chi connectivity index (χ1n) is 5.21. The zero-order valence-electron chi connectivity index (χ0n) is 9.35. The molecule has 0 fully saturated rings. The summed E-state index contributed by atoms with van der Waals surface area (Å²) in [7, 11) is 0. The van der Waals surface area contributed by atoms with E-state index in [0.29, 0.717) is 12.1 Å². The van der Waals surface area contributed by atoms with E-state index >= 15 is 0 Å². The second-order valence-electron chi connectivity index (χ2n) is 3.94. The Labute approximate surface area is 107 Å². The van der Waals surface area contributed by atoms with Crippen molar-refractivity contribution in [3.05, 3.63) is 62.5 Å². The predicted molar refractivity (Wildman–Crippen MR) is 70.3 cm³/mol. The third-order valence-electron chi connectivity index (χ3n) is 2.50. The number of halogens is 1. The molecule has 17 heavy (non-hydrogen) atoms. The highest BCUT2D eigenvalue weighted by Crippen LogP contribution is 2.13. The van der Waals surface area contributed by atoms with Gasteiger partial charge in [0.15, 0.2) is 0 Å². The summed E-state index contributed by atoms with van der Waals surface area (Å²) in [6.07, 6.45) is 1.75. The van der Waals surface area contributed by atoms with Crippen molar-refractivity contribution in [3.63, 3.8) is 0 Å². The molecule has 0 aliphatic heterocycles. The molecule has 0 aliphatic carbocycles. The van der Waals surface area contributed by atoms with E-state index in [9.17, 15) is 9.90 Å². The Kier molecular flexibility index (Phi) is 3.33. The van der Waals surface area contributed by atoms with E-state index in [4.69, 9.17) is 0 Å². The van der Waals surface area contributed by atoms with Gasteiger partial charge in [-0.1, -0.05) is 12.1 Å². The zero-order valence-corrected chi connectivity index (χ0v) is 10.9. The Morgan fingerprint density at radius 3 is 2.82 bits per heavy atom. The van der Waals surface area contributed by atoms with E-state index in [1.54, 1.807) is 42.0 Å². The third kappa shape index (κ3) is 2.77. The smallest absolute Gasteiger partial charge is 0.253 e. The zero-order chi connectivity index (χ0) is 12.4. The van der Waals surface area contributed by atoms with Gasteiger partial charge in [-0.3, -0.25) is 4.79 Å². The molecule has 0 spiro atoms. The molecule has 3 nitrogen and oxygen atoms in total. The largest absolute Gasteiger partial charge is 0.508 e. The predicted octanol–water partition coefficient (Wildman–Crippen LogP) is 2.67. The van der Waals surface area contributed by atoms with Crippen molar-refractivity contribution in [1.82, 2.24) is 4.57 Å². The first-order chi connectivity index (χ1) is 8.06. The molecule has 0 bridgehead atoms. The number of benzene rings is 1. The number of pyridine rings is 1. The number of nitrogens with zero attached hydrogens (tertiary/aromatic N) is 1. The molecule has 1 aromatic carbocycles. The van der Waals surface area contributed by atoms with Crippen LogP contribution in [0.5, 0.6) is 5.75 Å². The maximum Gasteiger partial charge on any atom is 0.253 e. The third-order valence-corrected chi connectivity index (χ3v) is 2.93. The normalized spacial score (nSPS) is 10.5. The first-order valence-corrected chi connectivity index (χ1v) is 6.00. The lowest BCUT2D eigenvalue weighted by Gasteiger charge is -2.08. The fraction of sp³-hybridized carbons (Fsp3) is 0.154. The van der Waals surface area contributed by atoms with Crippen molar-refractivity contribution in [3.8, 4) is 5.75 Å². The van der Waals surface area contributed by atoms with Gasteiger partial charge >= 0.3 is 0 Å². The number of hydrogen-bond donors (Lipinski definition) is 1. The van der Waals surface area contributed by atoms with E-state index in [-0.39, 0.29) is 11.3 Å². The lowest BCUT2D eigenvalue weighted by Crippen LogP contribution is -2.22. The highest BCUT2D eigenvalue weighted by molar-refractivity contribution is 9.10. The van der Waals surface area contributed by atoms with Gasteiger partial charge < -0.3 is 9.67 Å². The highest BCUT2D eigenvalue weighted by Gasteiger charge is 2.03. The average Bonchev–Trinajstić information content (AvgIpc) is 2.25. The molecule has 2 aromatic rings. The van der Waals surface area contributed by atoms with Gasteiger partial charge in [-0.2, -0.15) is 0 Å². The number of aromatic hydroxyl groups is 1. The molecule has 0 saturated heterocycles. The second-order valence-corrected chi connectivity index (χ2v) is 4.86. The number of aromatic nitrogens is 1. The van der Waals surface area contributed by atoms with Gasteiger partial charge in [-0.25, -0.2) is 0 Å². The van der Waals surface area contributed by atoms with Gasteiger partial charge in [0.1, 0.15) is 5.75 Å². The summed E-state index contributed by atoms with van der Waals surface area (Å²) in [6, 6.07) is 8.70. The molecule has 0 atom stereocenters. The van der Waals surface area contributed by atoms with Crippen molar-refractivity contribution in [2.75, 3.05) is 0 Å².